The molecule has 0 aliphatic heterocycles. The molecule has 0 aliphatic rings. The number of hydrogen-bond donors (Lipinski definition) is 2. The fourth-order valence-corrected chi connectivity index (χ4v) is 0.351. The van der Waals surface area contributed by atoms with Gasteiger partial charge in [0.2, 0.25) is 0 Å². The molecule has 0 bridgehead atoms. The fraction of sp³-hybridized carbons (Fsp3) is 0.800. The lowest BCUT2D eigenvalue weighted by Crippen LogP contribution is -2.38. The monoisotopic (exact) mass is 153 g/mol. The molecular weight excluding hydrogens is 144 g/mol. The van der Waals surface area contributed by atoms with Crippen molar-refractivity contribution in [3.05, 3.63) is 0 Å². The van der Waals surface area contributed by atoms with Crippen LogP contribution in [-0.4, -0.2) is 30.1 Å². The molecule has 1 amide bonds. The first-order valence-electron chi connectivity index (χ1n) is 2.77. The van der Waals surface area contributed by atoms with Crippen LogP contribution < -0.4 is 5.32 Å². The molecule has 0 saturated heterocycles. The van der Waals surface area contributed by atoms with E-state index in [4.69, 9.17) is 5.11 Å². The normalized spacial score (nSPS) is 13.3. The van der Waals surface area contributed by atoms with E-state index in [0.717, 1.165) is 0 Å². The first-order valence-corrected chi connectivity index (χ1v) is 2.77. The number of alkyl halides is 2. The van der Waals surface area contributed by atoms with Gasteiger partial charge >= 0.3 is 6.43 Å². The van der Waals surface area contributed by atoms with Crippen LogP contribution in [0.5, 0.6) is 0 Å². The van der Waals surface area contributed by atoms with Crippen molar-refractivity contribution in [2.24, 2.45) is 0 Å². The third-order valence-electron chi connectivity index (χ3n) is 0.861. The van der Waals surface area contributed by atoms with Crippen LogP contribution in [0, 0.1) is 0 Å². The molecule has 0 aromatic carbocycles. The van der Waals surface area contributed by atoms with Crippen LogP contribution in [-0.2, 0) is 4.79 Å². The molecule has 0 aromatic heterocycles. The van der Waals surface area contributed by atoms with Crippen molar-refractivity contribution in [3.63, 3.8) is 0 Å². The second-order valence-electron chi connectivity index (χ2n) is 1.89. The molecule has 10 heavy (non-hydrogen) atoms. The zero-order valence-electron chi connectivity index (χ0n) is 5.47. The van der Waals surface area contributed by atoms with E-state index in [1.807, 2.05) is 5.32 Å². The Morgan fingerprint density at radius 3 is 2.50 bits per heavy atom. The number of hydrogen-bond acceptors (Lipinski definition) is 2. The van der Waals surface area contributed by atoms with Gasteiger partial charge in [-0.1, -0.05) is 0 Å². The van der Waals surface area contributed by atoms with Crippen molar-refractivity contribution < 1.29 is 18.7 Å². The van der Waals surface area contributed by atoms with Gasteiger partial charge in [0.15, 0.2) is 0 Å². The van der Waals surface area contributed by atoms with E-state index in [0.29, 0.717) is 0 Å². The van der Waals surface area contributed by atoms with Crippen LogP contribution in [0.3, 0.4) is 0 Å². The Balaban J connectivity index is 3.57. The van der Waals surface area contributed by atoms with E-state index in [2.05, 4.69) is 0 Å². The number of rotatable bonds is 3. The first kappa shape index (κ1) is 9.29. The van der Waals surface area contributed by atoms with Gasteiger partial charge in [-0.25, -0.2) is 0 Å². The molecule has 2 N–H and O–H groups in total. The quantitative estimate of drug-likeness (QED) is 0.587. The predicted octanol–water partition coefficient (Wildman–Crippen LogP) is -0.252. The minimum Gasteiger partial charge on any atom is -0.394 e. The maximum absolute atomic E-state index is 11.4. The highest BCUT2D eigenvalue weighted by Crippen LogP contribution is 1.91. The number of aliphatic hydroxyl groups excluding tert-OH is 1. The summed E-state index contributed by atoms with van der Waals surface area (Å²) in [5, 5.41) is 10.2. The minimum absolute atomic E-state index is 0.335. The Morgan fingerprint density at radius 2 is 2.20 bits per heavy atom. The molecule has 3 nitrogen and oxygen atoms in total. The summed E-state index contributed by atoms with van der Waals surface area (Å²) in [6, 6.07) is -0.610. The van der Waals surface area contributed by atoms with Crippen LogP contribution in [0.15, 0.2) is 0 Å². The molecule has 0 spiro atoms. The molecule has 0 radical (unpaired) electrons. The van der Waals surface area contributed by atoms with Gasteiger partial charge in [-0.2, -0.15) is 8.78 Å². The molecule has 5 heteroatoms. The minimum atomic E-state index is -3.01. The summed E-state index contributed by atoms with van der Waals surface area (Å²) in [5.41, 5.74) is 0. The standard InChI is InChI=1S/C5H9F2NO2/c1-3(2-9)8-5(10)4(6)7/h3-4,9H,2H2,1H3,(H,8,10)/t3-/m0/s1. The third-order valence-corrected chi connectivity index (χ3v) is 0.861. The van der Waals surface area contributed by atoms with Crippen LogP contribution in [0.25, 0.3) is 0 Å². The zero-order valence-corrected chi connectivity index (χ0v) is 5.47. The van der Waals surface area contributed by atoms with Gasteiger partial charge in [0.25, 0.3) is 5.91 Å². The van der Waals surface area contributed by atoms with Crippen LogP contribution in [0.1, 0.15) is 6.92 Å². The highest BCUT2D eigenvalue weighted by atomic mass is 19.3. The van der Waals surface area contributed by atoms with E-state index < -0.39 is 18.4 Å². The molecule has 0 aromatic rings. The summed E-state index contributed by atoms with van der Waals surface area (Å²) >= 11 is 0. The third kappa shape index (κ3) is 3.34. The Bertz CT molecular complexity index is 118. The predicted molar refractivity (Wildman–Crippen MR) is 30.7 cm³/mol. The number of nitrogens with one attached hydrogen (secondary N) is 1. The average molecular weight is 153 g/mol. The molecule has 0 heterocycles. The molecule has 0 fully saturated rings. The van der Waals surface area contributed by atoms with Gasteiger partial charge in [-0.3, -0.25) is 4.79 Å². The van der Waals surface area contributed by atoms with Crippen molar-refractivity contribution in [1.82, 2.24) is 5.32 Å². The zero-order chi connectivity index (χ0) is 8.15. The SMILES string of the molecule is C[C@@H](CO)NC(=O)C(F)F. The summed E-state index contributed by atoms with van der Waals surface area (Å²) in [6.07, 6.45) is -3.01. The number of aliphatic hydroxyl groups is 1. The first-order chi connectivity index (χ1) is 4.57. The summed E-state index contributed by atoms with van der Waals surface area (Å²) in [5.74, 6) is -1.35. The van der Waals surface area contributed by atoms with Crippen molar-refractivity contribution in [1.29, 1.82) is 0 Å². The lowest BCUT2D eigenvalue weighted by atomic mass is 10.3. The lowest BCUT2D eigenvalue weighted by Gasteiger charge is -2.08. The molecule has 0 rings (SSSR count). The van der Waals surface area contributed by atoms with Gasteiger partial charge in [-0.15, -0.1) is 0 Å². The molecule has 60 valence electrons. The van der Waals surface area contributed by atoms with Gasteiger partial charge in [0, 0.05) is 6.04 Å². The Labute approximate surface area is 57.0 Å². The molecule has 1 atom stereocenters. The Hall–Kier alpha value is -0.710. The van der Waals surface area contributed by atoms with E-state index in [1.165, 1.54) is 6.92 Å². The number of carbonyl (C=O) groups is 1. The van der Waals surface area contributed by atoms with Crippen molar-refractivity contribution in [2.75, 3.05) is 6.61 Å². The van der Waals surface area contributed by atoms with Gasteiger partial charge in [-0.05, 0) is 6.92 Å². The second-order valence-corrected chi connectivity index (χ2v) is 1.89. The number of carbonyl (C=O) groups excluding carboxylic acids is 1. The summed E-state index contributed by atoms with van der Waals surface area (Å²) in [4.78, 5) is 10.1. The maximum Gasteiger partial charge on any atom is 0.315 e. The average Bonchev–Trinajstić information content (AvgIpc) is 1.87. The van der Waals surface area contributed by atoms with E-state index >= 15 is 0 Å². The van der Waals surface area contributed by atoms with Crippen LogP contribution in [0.2, 0.25) is 0 Å². The summed E-state index contributed by atoms with van der Waals surface area (Å²) in [6.45, 7) is 1.10. The Kier molecular flexibility index (Phi) is 3.87. The van der Waals surface area contributed by atoms with Gasteiger partial charge in [0.1, 0.15) is 0 Å². The molecular formula is C5H9F2NO2. The smallest absolute Gasteiger partial charge is 0.315 e. The van der Waals surface area contributed by atoms with Crippen molar-refractivity contribution >= 4 is 5.91 Å². The highest BCUT2D eigenvalue weighted by Gasteiger charge is 2.16. The van der Waals surface area contributed by atoms with Crippen LogP contribution in [0.4, 0.5) is 8.78 Å². The van der Waals surface area contributed by atoms with Gasteiger partial charge < -0.3 is 10.4 Å². The maximum atomic E-state index is 11.4. The van der Waals surface area contributed by atoms with Crippen molar-refractivity contribution in [2.45, 2.75) is 19.4 Å². The van der Waals surface area contributed by atoms with Crippen LogP contribution >= 0.6 is 0 Å². The second kappa shape index (κ2) is 4.16. The Morgan fingerprint density at radius 1 is 1.70 bits per heavy atom. The fourth-order valence-electron chi connectivity index (χ4n) is 0.351. The number of halogens is 2. The van der Waals surface area contributed by atoms with E-state index in [9.17, 15) is 13.6 Å². The van der Waals surface area contributed by atoms with E-state index in [-0.39, 0.29) is 6.61 Å². The topological polar surface area (TPSA) is 49.3 Å². The molecule has 0 aliphatic carbocycles. The summed E-state index contributed by atoms with van der Waals surface area (Å²) in [7, 11) is 0. The highest BCUT2D eigenvalue weighted by molar-refractivity contribution is 5.79. The molecule has 0 unspecified atom stereocenters. The molecule has 0 saturated carbocycles. The van der Waals surface area contributed by atoms with Gasteiger partial charge in [0.05, 0.1) is 6.61 Å². The van der Waals surface area contributed by atoms with Crippen molar-refractivity contribution in [3.8, 4) is 0 Å². The largest absolute Gasteiger partial charge is 0.394 e. The number of amides is 1. The van der Waals surface area contributed by atoms with E-state index in [1.54, 1.807) is 0 Å². The summed E-state index contributed by atoms with van der Waals surface area (Å²) < 4.78 is 22.9. The lowest BCUT2D eigenvalue weighted by molar-refractivity contribution is -0.132.